The second-order valence-electron chi connectivity index (χ2n) is 12.8. The SMILES string of the molecule is COc1cc(C(=O)N2CC3CC4CC2[C@H]43)cc2nc3n(c12)Cc1cnn(c1)CCCCCCn1c-3cc2cccnc21. The molecular formula is C33H35N7O2. The molecule has 2 saturated carbocycles. The van der Waals surface area contributed by atoms with Crippen LogP contribution in [0, 0.1) is 17.8 Å². The van der Waals surface area contributed by atoms with Gasteiger partial charge in [0.1, 0.15) is 16.9 Å². The van der Waals surface area contributed by atoms with Crippen LogP contribution >= 0.6 is 0 Å². The van der Waals surface area contributed by atoms with Crippen molar-refractivity contribution in [3.05, 3.63) is 60.0 Å². The van der Waals surface area contributed by atoms with Crippen LogP contribution in [0.15, 0.2) is 48.9 Å². The summed E-state index contributed by atoms with van der Waals surface area (Å²) in [5, 5.41) is 5.77. The summed E-state index contributed by atoms with van der Waals surface area (Å²) >= 11 is 0. The fraction of sp³-hybridized carbons (Fsp3) is 0.455. The van der Waals surface area contributed by atoms with Crippen molar-refractivity contribution in [3.63, 3.8) is 0 Å². The van der Waals surface area contributed by atoms with E-state index in [0.29, 0.717) is 29.8 Å². The zero-order valence-corrected chi connectivity index (χ0v) is 23.9. The van der Waals surface area contributed by atoms with Crippen molar-refractivity contribution in [2.75, 3.05) is 13.7 Å². The first-order valence-electron chi connectivity index (χ1n) is 15.5. The molecule has 9 heteroatoms. The minimum absolute atomic E-state index is 0.113. The maximum atomic E-state index is 13.9. The summed E-state index contributed by atoms with van der Waals surface area (Å²) in [5.41, 5.74) is 5.48. The molecule has 2 aliphatic heterocycles. The van der Waals surface area contributed by atoms with Crippen LogP contribution in [0.4, 0.5) is 0 Å². The number of carbonyl (C=O) groups is 1. The number of aryl methyl sites for hydroxylation is 2. The lowest BCUT2D eigenvalue weighted by atomic mass is 9.53. The highest BCUT2D eigenvalue weighted by molar-refractivity contribution is 6.00. The largest absolute Gasteiger partial charge is 0.494 e. The van der Waals surface area contributed by atoms with Gasteiger partial charge in [0.05, 0.1) is 31.1 Å². The Balaban J connectivity index is 1.22. The molecule has 3 unspecified atom stereocenters. The standard InChI is InChI=1S/C33H35N7O2/c1-42-28-15-23(33(41)39-19-24-11-22-14-26(39)29(22)24)12-25-30(28)40-18-20-16-35-37(17-20)9-4-2-3-5-10-38-27(32(40)36-25)13-21-7-6-8-34-31(21)38/h6-8,12-13,15-17,22,24,26,29H,2-5,9-11,14,18-19H2,1H3/t22?,24?,26?,29-/m1/s1. The quantitative estimate of drug-likeness (QED) is 0.290. The van der Waals surface area contributed by atoms with E-state index < -0.39 is 0 Å². The Morgan fingerprint density at radius 2 is 1.93 bits per heavy atom. The number of hydrogen-bond acceptors (Lipinski definition) is 5. The van der Waals surface area contributed by atoms with E-state index in [-0.39, 0.29) is 5.91 Å². The first-order valence-corrected chi connectivity index (χ1v) is 15.5. The van der Waals surface area contributed by atoms with Gasteiger partial charge in [-0.05, 0) is 73.8 Å². The Bertz CT molecular complexity index is 1860. The van der Waals surface area contributed by atoms with E-state index in [1.165, 1.54) is 12.8 Å². The third-order valence-corrected chi connectivity index (χ3v) is 10.5. The van der Waals surface area contributed by atoms with E-state index in [9.17, 15) is 4.79 Å². The number of rotatable bonds is 2. The number of likely N-dealkylation sites (tertiary alicyclic amines) is 1. The number of benzene rings is 1. The molecule has 1 aromatic carbocycles. The second kappa shape index (κ2) is 9.18. The third kappa shape index (κ3) is 3.55. The van der Waals surface area contributed by atoms with Crippen molar-refractivity contribution in [2.24, 2.45) is 17.8 Å². The van der Waals surface area contributed by atoms with Crippen molar-refractivity contribution < 1.29 is 9.53 Å². The smallest absolute Gasteiger partial charge is 0.254 e. The Morgan fingerprint density at radius 1 is 1.02 bits per heavy atom. The highest BCUT2D eigenvalue weighted by Crippen LogP contribution is 2.60. The molecule has 0 radical (unpaired) electrons. The molecular weight excluding hydrogens is 526 g/mol. The van der Waals surface area contributed by atoms with E-state index in [2.05, 4.69) is 42.1 Å². The molecule has 0 N–H and O–H groups in total. The number of nitrogens with zero attached hydrogens (tertiary/aromatic N) is 7. The summed E-state index contributed by atoms with van der Waals surface area (Å²) in [5.74, 6) is 3.93. The number of aromatic nitrogens is 6. The van der Waals surface area contributed by atoms with Crippen LogP contribution in [0.25, 0.3) is 33.6 Å². The van der Waals surface area contributed by atoms with E-state index in [1.54, 1.807) is 7.11 Å². The molecule has 214 valence electrons. The number of ether oxygens (including phenoxy) is 1. The van der Waals surface area contributed by atoms with Gasteiger partial charge in [-0.25, -0.2) is 9.97 Å². The van der Waals surface area contributed by atoms with E-state index in [4.69, 9.17) is 14.7 Å². The van der Waals surface area contributed by atoms with Crippen molar-refractivity contribution >= 4 is 28.0 Å². The fourth-order valence-corrected chi connectivity index (χ4v) is 8.41. The van der Waals surface area contributed by atoms with Crippen LogP contribution in [-0.2, 0) is 19.6 Å². The predicted octanol–water partition coefficient (Wildman–Crippen LogP) is 5.36. The summed E-state index contributed by atoms with van der Waals surface area (Å²) in [6.07, 6.45) is 12.9. The summed E-state index contributed by atoms with van der Waals surface area (Å²) in [6.45, 7) is 3.29. The average molecular weight is 562 g/mol. The molecule has 3 fully saturated rings. The highest BCUT2D eigenvalue weighted by atomic mass is 16.5. The average Bonchev–Trinajstić information content (AvgIpc) is 3.70. The molecule has 6 heterocycles. The fourth-order valence-electron chi connectivity index (χ4n) is 8.41. The van der Waals surface area contributed by atoms with Crippen LogP contribution in [0.5, 0.6) is 5.75 Å². The molecule has 42 heavy (non-hydrogen) atoms. The lowest BCUT2D eigenvalue weighted by molar-refractivity contribution is -0.0204. The van der Waals surface area contributed by atoms with Crippen LogP contribution in [0.2, 0.25) is 0 Å². The van der Waals surface area contributed by atoms with Gasteiger partial charge in [-0.3, -0.25) is 9.48 Å². The van der Waals surface area contributed by atoms with E-state index in [0.717, 1.165) is 96.3 Å². The Kier molecular flexibility index (Phi) is 5.35. The van der Waals surface area contributed by atoms with Crippen LogP contribution in [0.3, 0.4) is 0 Å². The van der Waals surface area contributed by atoms with Crippen LogP contribution in [0.1, 0.15) is 54.4 Å². The first-order chi connectivity index (χ1) is 20.7. The summed E-state index contributed by atoms with van der Waals surface area (Å²) < 4.78 is 12.6. The first kappa shape index (κ1) is 24.5. The van der Waals surface area contributed by atoms with Crippen LogP contribution < -0.4 is 4.74 Å². The number of hydrogen-bond donors (Lipinski definition) is 0. The molecule has 1 amide bonds. The van der Waals surface area contributed by atoms with E-state index >= 15 is 0 Å². The lowest BCUT2D eigenvalue weighted by Gasteiger charge is -2.52. The predicted molar refractivity (Wildman–Crippen MR) is 159 cm³/mol. The topological polar surface area (TPSA) is 83.0 Å². The molecule has 9 nitrogen and oxygen atoms in total. The molecule has 2 aliphatic carbocycles. The van der Waals surface area contributed by atoms with Crippen LogP contribution in [-0.4, -0.2) is 59.4 Å². The number of methoxy groups -OCH3 is 1. The Morgan fingerprint density at radius 3 is 2.79 bits per heavy atom. The maximum absolute atomic E-state index is 13.9. The van der Waals surface area contributed by atoms with Gasteiger partial charge in [-0.1, -0.05) is 12.8 Å². The Labute approximate surface area is 244 Å². The summed E-state index contributed by atoms with van der Waals surface area (Å²) in [4.78, 5) is 26.1. The zero-order valence-electron chi connectivity index (χ0n) is 23.9. The molecule has 9 rings (SSSR count). The molecule has 1 saturated heterocycles. The number of amides is 1. The minimum atomic E-state index is 0.113. The van der Waals surface area contributed by atoms with Gasteiger partial charge in [0.25, 0.3) is 5.91 Å². The molecule has 4 aromatic heterocycles. The molecule has 5 aromatic rings. The normalized spacial score (nSPS) is 24.8. The minimum Gasteiger partial charge on any atom is -0.494 e. The van der Waals surface area contributed by atoms with Crippen molar-refractivity contribution in [1.82, 2.24) is 33.8 Å². The summed E-state index contributed by atoms with van der Waals surface area (Å²) in [7, 11) is 1.69. The van der Waals surface area contributed by atoms with Crippen molar-refractivity contribution in [3.8, 4) is 17.3 Å². The van der Waals surface area contributed by atoms with Gasteiger partial charge in [-0.2, -0.15) is 5.10 Å². The third-order valence-electron chi connectivity index (χ3n) is 10.5. The number of carbonyl (C=O) groups excluding carboxylic acids is 1. The highest BCUT2D eigenvalue weighted by Gasteiger charge is 2.61. The van der Waals surface area contributed by atoms with Gasteiger partial charge >= 0.3 is 0 Å². The van der Waals surface area contributed by atoms with Gasteiger partial charge in [0.2, 0.25) is 0 Å². The van der Waals surface area contributed by atoms with Gasteiger partial charge in [-0.15, -0.1) is 0 Å². The molecule has 4 aliphatic rings. The molecule has 4 atom stereocenters. The second-order valence-corrected chi connectivity index (χ2v) is 12.8. The number of imidazole rings is 1. The zero-order chi connectivity index (χ0) is 27.9. The number of pyridine rings is 1. The molecule has 0 spiro atoms. The lowest BCUT2D eigenvalue weighted by Crippen LogP contribution is -2.53. The van der Waals surface area contributed by atoms with Gasteiger partial charge in [0, 0.05) is 54.6 Å². The molecule has 2 bridgehead atoms. The monoisotopic (exact) mass is 561 g/mol. The van der Waals surface area contributed by atoms with Crippen molar-refractivity contribution in [1.29, 1.82) is 0 Å². The summed E-state index contributed by atoms with van der Waals surface area (Å²) in [6, 6.07) is 10.7. The number of fused-ring (bicyclic) bond motifs is 9. The van der Waals surface area contributed by atoms with Gasteiger partial charge < -0.3 is 18.8 Å². The Hall–Kier alpha value is -4.14. The maximum Gasteiger partial charge on any atom is 0.254 e. The van der Waals surface area contributed by atoms with Gasteiger partial charge in [0.15, 0.2) is 5.82 Å². The van der Waals surface area contributed by atoms with Crippen molar-refractivity contribution in [2.45, 2.75) is 64.2 Å². The van der Waals surface area contributed by atoms with E-state index in [1.807, 2.05) is 30.6 Å².